The summed E-state index contributed by atoms with van der Waals surface area (Å²) in [7, 11) is 0. The Morgan fingerprint density at radius 1 is 1.46 bits per heavy atom. The summed E-state index contributed by atoms with van der Waals surface area (Å²) in [5.74, 6) is -0.504. The predicted octanol–water partition coefficient (Wildman–Crippen LogP) is 2.22. The molecule has 0 fully saturated rings. The van der Waals surface area contributed by atoms with Gasteiger partial charge in [0.1, 0.15) is 0 Å². The molecule has 0 bridgehead atoms. The van der Waals surface area contributed by atoms with Gasteiger partial charge >= 0.3 is 5.97 Å². The molecule has 2 nitrogen and oxygen atoms in total. The molecule has 13 heavy (non-hydrogen) atoms. The summed E-state index contributed by atoms with van der Waals surface area (Å²) in [5.41, 5.74) is 0.879. The Morgan fingerprint density at radius 2 is 2.08 bits per heavy atom. The number of carboxylic acids is 1. The molecule has 0 spiro atoms. The Balaban J connectivity index is 2.82. The third-order valence-electron chi connectivity index (χ3n) is 1.83. The molecule has 3 heteroatoms. The van der Waals surface area contributed by atoms with Crippen molar-refractivity contribution in [2.75, 3.05) is 12.0 Å². The molecular weight excluding hydrogens is 184 g/mol. The Hall–Kier alpha value is -0.960. The van der Waals surface area contributed by atoms with E-state index < -0.39 is 5.97 Å². The lowest BCUT2D eigenvalue weighted by molar-refractivity contribution is -0.138. The van der Waals surface area contributed by atoms with Crippen molar-refractivity contribution in [2.45, 2.75) is 5.92 Å². The molecule has 1 aromatic carbocycles. The van der Waals surface area contributed by atoms with Gasteiger partial charge in [0, 0.05) is 5.75 Å². The fourth-order valence-electron chi connectivity index (χ4n) is 1.16. The van der Waals surface area contributed by atoms with Gasteiger partial charge in [-0.05, 0) is 11.8 Å². The van der Waals surface area contributed by atoms with E-state index in [1.165, 1.54) is 0 Å². The molecule has 0 saturated carbocycles. The van der Waals surface area contributed by atoms with E-state index >= 15 is 0 Å². The van der Waals surface area contributed by atoms with Crippen LogP contribution in [0, 0.1) is 0 Å². The van der Waals surface area contributed by atoms with E-state index in [4.69, 9.17) is 5.11 Å². The van der Waals surface area contributed by atoms with E-state index in [0.717, 1.165) is 5.56 Å². The van der Waals surface area contributed by atoms with E-state index in [0.29, 0.717) is 5.75 Å². The van der Waals surface area contributed by atoms with Crippen LogP contribution in [0.1, 0.15) is 11.5 Å². The van der Waals surface area contributed by atoms with Crippen molar-refractivity contribution in [3.63, 3.8) is 0 Å². The minimum absolute atomic E-state index is 0.379. The van der Waals surface area contributed by atoms with Gasteiger partial charge in [-0.3, -0.25) is 4.79 Å². The van der Waals surface area contributed by atoms with Crippen LogP contribution >= 0.6 is 11.8 Å². The quantitative estimate of drug-likeness (QED) is 0.802. The summed E-state index contributed by atoms with van der Waals surface area (Å²) in [4.78, 5) is 10.9. The van der Waals surface area contributed by atoms with Crippen LogP contribution in [0.15, 0.2) is 30.3 Å². The minimum atomic E-state index is -0.749. The van der Waals surface area contributed by atoms with Gasteiger partial charge < -0.3 is 5.11 Å². The van der Waals surface area contributed by atoms with Crippen molar-refractivity contribution in [2.24, 2.45) is 0 Å². The van der Waals surface area contributed by atoms with Crippen molar-refractivity contribution in [1.29, 1.82) is 0 Å². The van der Waals surface area contributed by atoms with Gasteiger partial charge in [-0.2, -0.15) is 11.8 Å². The molecule has 0 amide bonds. The molecule has 0 aliphatic rings. The first-order valence-electron chi connectivity index (χ1n) is 4.02. The second kappa shape index (κ2) is 4.92. The summed E-state index contributed by atoms with van der Waals surface area (Å²) < 4.78 is 0. The maximum atomic E-state index is 10.9. The van der Waals surface area contributed by atoms with Gasteiger partial charge in [0.05, 0.1) is 5.92 Å². The lowest BCUT2D eigenvalue weighted by Crippen LogP contribution is -2.13. The van der Waals surface area contributed by atoms with Crippen LogP contribution < -0.4 is 0 Å². The Labute approximate surface area is 82.0 Å². The Bertz CT molecular complexity index is 272. The fourth-order valence-corrected chi connectivity index (χ4v) is 1.83. The molecule has 70 valence electrons. The number of carbonyl (C=O) groups is 1. The van der Waals surface area contributed by atoms with Crippen molar-refractivity contribution < 1.29 is 9.90 Å². The molecule has 0 aliphatic carbocycles. The predicted molar refractivity (Wildman–Crippen MR) is 55.2 cm³/mol. The normalized spacial score (nSPS) is 12.4. The highest BCUT2D eigenvalue weighted by molar-refractivity contribution is 7.98. The third kappa shape index (κ3) is 2.77. The molecule has 0 saturated heterocycles. The minimum Gasteiger partial charge on any atom is -0.481 e. The zero-order valence-corrected chi connectivity index (χ0v) is 8.25. The lowest BCUT2D eigenvalue weighted by atomic mass is 10.0. The summed E-state index contributed by atoms with van der Waals surface area (Å²) in [6.07, 6.45) is 1.92. The smallest absolute Gasteiger partial charge is 0.311 e. The standard InChI is InChI=1S/C10H12O2S/c1-13-7-9(10(11)12)8-5-3-2-4-6-8/h2-6,9H,7H2,1H3,(H,11,12)/t9-/m0/s1. The van der Waals surface area contributed by atoms with Gasteiger partial charge in [-0.1, -0.05) is 30.3 Å². The van der Waals surface area contributed by atoms with E-state index in [-0.39, 0.29) is 5.92 Å². The molecule has 0 unspecified atom stereocenters. The number of hydrogen-bond acceptors (Lipinski definition) is 2. The van der Waals surface area contributed by atoms with Crippen LogP contribution in [-0.4, -0.2) is 23.1 Å². The highest BCUT2D eigenvalue weighted by Gasteiger charge is 2.18. The molecule has 1 N–H and O–H groups in total. The van der Waals surface area contributed by atoms with Gasteiger partial charge in [0.15, 0.2) is 0 Å². The second-order valence-corrected chi connectivity index (χ2v) is 3.67. The van der Waals surface area contributed by atoms with Gasteiger partial charge in [0.25, 0.3) is 0 Å². The average molecular weight is 196 g/mol. The molecule has 0 radical (unpaired) electrons. The fraction of sp³-hybridized carbons (Fsp3) is 0.300. The second-order valence-electron chi connectivity index (χ2n) is 2.76. The van der Waals surface area contributed by atoms with E-state index in [1.807, 2.05) is 36.6 Å². The van der Waals surface area contributed by atoms with Crippen LogP contribution in [0.4, 0.5) is 0 Å². The van der Waals surface area contributed by atoms with Crippen LogP contribution in [0.5, 0.6) is 0 Å². The van der Waals surface area contributed by atoms with Crippen LogP contribution in [0.3, 0.4) is 0 Å². The molecule has 0 aromatic heterocycles. The number of benzene rings is 1. The molecule has 1 atom stereocenters. The average Bonchev–Trinajstić information content (AvgIpc) is 2.15. The van der Waals surface area contributed by atoms with Crippen molar-refractivity contribution in [3.05, 3.63) is 35.9 Å². The third-order valence-corrected chi connectivity index (χ3v) is 2.50. The number of carboxylic acid groups (broad SMARTS) is 1. The van der Waals surface area contributed by atoms with Gasteiger partial charge in [-0.25, -0.2) is 0 Å². The first-order valence-corrected chi connectivity index (χ1v) is 5.41. The van der Waals surface area contributed by atoms with Crippen LogP contribution in [0.2, 0.25) is 0 Å². The number of aliphatic carboxylic acids is 1. The lowest BCUT2D eigenvalue weighted by Gasteiger charge is -2.10. The zero-order valence-electron chi connectivity index (χ0n) is 7.43. The summed E-state index contributed by atoms with van der Waals surface area (Å²) >= 11 is 1.55. The topological polar surface area (TPSA) is 37.3 Å². The van der Waals surface area contributed by atoms with Gasteiger partial charge in [-0.15, -0.1) is 0 Å². The largest absolute Gasteiger partial charge is 0.481 e. The number of hydrogen-bond donors (Lipinski definition) is 1. The Kier molecular flexibility index (Phi) is 3.83. The molecule has 0 aliphatic heterocycles. The summed E-state index contributed by atoms with van der Waals surface area (Å²) in [6, 6.07) is 9.34. The van der Waals surface area contributed by atoms with E-state index in [2.05, 4.69) is 0 Å². The molecule has 1 aromatic rings. The molecular formula is C10H12O2S. The van der Waals surface area contributed by atoms with E-state index in [1.54, 1.807) is 11.8 Å². The first kappa shape index (κ1) is 10.1. The monoisotopic (exact) mass is 196 g/mol. The zero-order chi connectivity index (χ0) is 9.68. The number of thioether (sulfide) groups is 1. The van der Waals surface area contributed by atoms with Crippen molar-refractivity contribution >= 4 is 17.7 Å². The van der Waals surface area contributed by atoms with Crippen LogP contribution in [-0.2, 0) is 4.79 Å². The van der Waals surface area contributed by atoms with Gasteiger partial charge in [0.2, 0.25) is 0 Å². The SMILES string of the molecule is CSC[C@H](C(=O)O)c1ccccc1. The molecule has 0 heterocycles. The first-order chi connectivity index (χ1) is 6.25. The maximum absolute atomic E-state index is 10.9. The van der Waals surface area contributed by atoms with Crippen LogP contribution in [0.25, 0.3) is 0 Å². The highest BCUT2D eigenvalue weighted by Crippen LogP contribution is 2.19. The summed E-state index contributed by atoms with van der Waals surface area (Å²) in [6.45, 7) is 0. The van der Waals surface area contributed by atoms with Crippen molar-refractivity contribution in [1.82, 2.24) is 0 Å². The van der Waals surface area contributed by atoms with Crippen molar-refractivity contribution in [3.8, 4) is 0 Å². The Morgan fingerprint density at radius 3 is 2.54 bits per heavy atom. The summed E-state index contributed by atoms with van der Waals surface area (Å²) in [5, 5.41) is 8.94. The molecule has 1 rings (SSSR count). The van der Waals surface area contributed by atoms with E-state index in [9.17, 15) is 4.79 Å². The number of rotatable bonds is 4. The maximum Gasteiger partial charge on any atom is 0.311 e. The highest BCUT2D eigenvalue weighted by atomic mass is 32.2.